The Bertz CT molecular complexity index is 393. The van der Waals surface area contributed by atoms with Gasteiger partial charge in [0.1, 0.15) is 0 Å². The van der Waals surface area contributed by atoms with Crippen molar-refractivity contribution in [3.63, 3.8) is 0 Å². The number of rotatable bonds is 7. The molecule has 4 heteroatoms. The van der Waals surface area contributed by atoms with Crippen molar-refractivity contribution >= 4 is 28.3 Å². The van der Waals surface area contributed by atoms with Crippen molar-refractivity contribution in [2.24, 2.45) is 5.92 Å². The van der Waals surface area contributed by atoms with E-state index in [1.807, 2.05) is 6.07 Å². The van der Waals surface area contributed by atoms with E-state index in [2.05, 4.69) is 47.0 Å². The number of hydrogen-bond acceptors (Lipinski definition) is 3. The fourth-order valence-electron chi connectivity index (χ4n) is 1.65. The van der Waals surface area contributed by atoms with Crippen LogP contribution in [-0.2, 0) is 4.74 Å². The molecule has 1 aromatic rings. The van der Waals surface area contributed by atoms with Crippen molar-refractivity contribution < 1.29 is 9.84 Å². The molecule has 3 nitrogen and oxygen atoms in total. The zero-order valence-corrected chi connectivity index (χ0v) is 12.8. The zero-order chi connectivity index (χ0) is 13.0. The predicted molar refractivity (Wildman–Crippen MR) is 81.9 cm³/mol. The van der Waals surface area contributed by atoms with Crippen molar-refractivity contribution in [3.05, 3.63) is 27.3 Å². The summed E-state index contributed by atoms with van der Waals surface area (Å²) in [7, 11) is 0. The molecular weight excluding hydrogens is 341 g/mol. The van der Waals surface area contributed by atoms with Gasteiger partial charge in [0.25, 0.3) is 0 Å². The Morgan fingerprint density at radius 2 is 2.28 bits per heavy atom. The molecule has 18 heavy (non-hydrogen) atoms. The van der Waals surface area contributed by atoms with E-state index in [4.69, 9.17) is 4.74 Å². The first-order chi connectivity index (χ1) is 8.65. The van der Waals surface area contributed by atoms with Gasteiger partial charge >= 0.3 is 0 Å². The summed E-state index contributed by atoms with van der Waals surface area (Å²) in [4.78, 5) is 0. The van der Waals surface area contributed by atoms with Crippen LogP contribution in [0.15, 0.2) is 18.2 Å². The highest BCUT2D eigenvalue weighted by Gasteiger charge is 2.21. The largest absolute Gasteiger partial charge is 0.389 e. The lowest BCUT2D eigenvalue weighted by Gasteiger charge is -2.13. The Balaban J connectivity index is 1.67. The third-order valence-electron chi connectivity index (χ3n) is 3.07. The number of anilines is 1. The molecule has 1 atom stereocenters. The monoisotopic (exact) mass is 361 g/mol. The Labute approximate surface area is 122 Å². The quantitative estimate of drug-likeness (QED) is 0.734. The summed E-state index contributed by atoms with van der Waals surface area (Å²) in [5.41, 5.74) is 2.32. The number of hydrogen-bond donors (Lipinski definition) is 2. The van der Waals surface area contributed by atoms with E-state index in [0.717, 1.165) is 18.2 Å². The van der Waals surface area contributed by atoms with Gasteiger partial charge in [-0.3, -0.25) is 0 Å². The van der Waals surface area contributed by atoms with E-state index < -0.39 is 6.10 Å². The average molecular weight is 361 g/mol. The SMILES string of the molecule is Cc1ccc(NCC(O)COCC2CC2)cc1I. The molecule has 0 amide bonds. The molecule has 0 aromatic heterocycles. The second-order valence-corrected chi connectivity index (χ2v) is 6.14. The molecule has 0 saturated heterocycles. The van der Waals surface area contributed by atoms with Crippen molar-refractivity contribution in [1.82, 2.24) is 0 Å². The summed E-state index contributed by atoms with van der Waals surface area (Å²) in [6.45, 7) is 3.85. The highest BCUT2D eigenvalue weighted by molar-refractivity contribution is 14.1. The molecule has 1 saturated carbocycles. The van der Waals surface area contributed by atoms with Crippen LogP contribution in [0.1, 0.15) is 18.4 Å². The lowest BCUT2D eigenvalue weighted by atomic mass is 10.2. The van der Waals surface area contributed by atoms with Gasteiger partial charge in [0.2, 0.25) is 0 Å². The molecule has 100 valence electrons. The first kappa shape index (κ1) is 14.1. The van der Waals surface area contributed by atoms with Gasteiger partial charge in [-0.05, 0) is 66.0 Å². The minimum absolute atomic E-state index is 0.423. The van der Waals surface area contributed by atoms with Gasteiger partial charge in [0, 0.05) is 22.4 Å². The minimum atomic E-state index is -0.442. The molecule has 0 radical (unpaired) electrons. The number of aryl methyl sites for hydroxylation is 1. The molecule has 0 bridgehead atoms. The number of ether oxygens (including phenoxy) is 1. The number of aliphatic hydroxyl groups excluding tert-OH is 1. The summed E-state index contributed by atoms with van der Waals surface area (Å²) in [5, 5.41) is 13.0. The molecule has 1 fully saturated rings. The van der Waals surface area contributed by atoms with E-state index in [-0.39, 0.29) is 0 Å². The second kappa shape index (κ2) is 6.73. The van der Waals surface area contributed by atoms with Crippen LogP contribution in [0.25, 0.3) is 0 Å². The first-order valence-electron chi connectivity index (χ1n) is 6.41. The second-order valence-electron chi connectivity index (χ2n) is 4.98. The normalized spacial score (nSPS) is 16.6. The van der Waals surface area contributed by atoms with E-state index in [9.17, 15) is 5.11 Å². The van der Waals surface area contributed by atoms with E-state index in [1.54, 1.807) is 0 Å². The smallest absolute Gasteiger partial charge is 0.0945 e. The molecule has 0 heterocycles. The lowest BCUT2D eigenvalue weighted by molar-refractivity contribution is 0.0386. The average Bonchev–Trinajstić information content (AvgIpc) is 3.15. The van der Waals surface area contributed by atoms with Crippen LogP contribution in [0.5, 0.6) is 0 Å². The highest BCUT2D eigenvalue weighted by atomic mass is 127. The Morgan fingerprint density at radius 1 is 1.50 bits per heavy atom. The molecule has 2 rings (SSSR count). The Hall–Kier alpha value is -0.330. The van der Waals surface area contributed by atoms with Crippen LogP contribution in [0.3, 0.4) is 0 Å². The molecule has 2 N–H and O–H groups in total. The molecule has 0 aliphatic heterocycles. The number of benzene rings is 1. The van der Waals surface area contributed by atoms with Crippen molar-refractivity contribution in [3.8, 4) is 0 Å². The maximum atomic E-state index is 9.78. The molecule has 1 aromatic carbocycles. The minimum Gasteiger partial charge on any atom is -0.389 e. The van der Waals surface area contributed by atoms with Crippen LogP contribution >= 0.6 is 22.6 Å². The van der Waals surface area contributed by atoms with Gasteiger partial charge in [-0.2, -0.15) is 0 Å². The van der Waals surface area contributed by atoms with Crippen LogP contribution < -0.4 is 5.32 Å². The van der Waals surface area contributed by atoms with Crippen LogP contribution in [0, 0.1) is 16.4 Å². The van der Waals surface area contributed by atoms with Gasteiger partial charge in [0.15, 0.2) is 0 Å². The van der Waals surface area contributed by atoms with Gasteiger partial charge in [-0.1, -0.05) is 6.07 Å². The molecule has 1 unspecified atom stereocenters. The van der Waals surface area contributed by atoms with Crippen molar-refractivity contribution in [1.29, 1.82) is 0 Å². The lowest BCUT2D eigenvalue weighted by Crippen LogP contribution is -2.25. The zero-order valence-electron chi connectivity index (χ0n) is 10.7. The third kappa shape index (κ3) is 4.74. The van der Waals surface area contributed by atoms with Crippen molar-refractivity contribution in [2.75, 3.05) is 25.1 Å². The topological polar surface area (TPSA) is 41.5 Å². The van der Waals surface area contributed by atoms with E-state index >= 15 is 0 Å². The van der Waals surface area contributed by atoms with Gasteiger partial charge < -0.3 is 15.2 Å². The predicted octanol–water partition coefficient (Wildman–Crippen LogP) is 2.80. The number of nitrogens with one attached hydrogen (secondary N) is 1. The standard InChI is InChI=1S/C14H20INO2/c1-10-2-5-12(6-14(10)15)16-7-13(17)9-18-8-11-3-4-11/h2,5-6,11,13,16-17H,3-4,7-9H2,1H3. The fourth-order valence-corrected chi connectivity index (χ4v) is 2.17. The molecular formula is C14H20INO2. The third-order valence-corrected chi connectivity index (χ3v) is 4.24. The Morgan fingerprint density at radius 3 is 2.94 bits per heavy atom. The fraction of sp³-hybridized carbons (Fsp3) is 0.571. The van der Waals surface area contributed by atoms with Crippen molar-refractivity contribution in [2.45, 2.75) is 25.9 Å². The first-order valence-corrected chi connectivity index (χ1v) is 7.49. The molecule has 1 aliphatic rings. The number of halogens is 1. The molecule has 0 spiro atoms. The van der Waals surface area contributed by atoms with Crippen LogP contribution in [-0.4, -0.2) is 31.0 Å². The number of aliphatic hydroxyl groups is 1. The van der Waals surface area contributed by atoms with Gasteiger partial charge in [-0.25, -0.2) is 0 Å². The summed E-state index contributed by atoms with van der Waals surface area (Å²) < 4.78 is 6.69. The van der Waals surface area contributed by atoms with Gasteiger partial charge in [-0.15, -0.1) is 0 Å². The summed E-state index contributed by atoms with van der Waals surface area (Å²) in [6, 6.07) is 6.21. The van der Waals surface area contributed by atoms with Crippen LogP contribution in [0.2, 0.25) is 0 Å². The summed E-state index contributed by atoms with van der Waals surface area (Å²) in [5.74, 6) is 0.754. The Kier molecular flexibility index (Phi) is 5.26. The summed E-state index contributed by atoms with van der Waals surface area (Å²) >= 11 is 2.32. The highest BCUT2D eigenvalue weighted by Crippen LogP contribution is 2.28. The maximum absolute atomic E-state index is 9.78. The van der Waals surface area contributed by atoms with Crippen LogP contribution in [0.4, 0.5) is 5.69 Å². The molecule has 1 aliphatic carbocycles. The van der Waals surface area contributed by atoms with E-state index in [0.29, 0.717) is 13.2 Å². The maximum Gasteiger partial charge on any atom is 0.0945 e. The van der Waals surface area contributed by atoms with E-state index in [1.165, 1.54) is 22.0 Å². The van der Waals surface area contributed by atoms with Gasteiger partial charge in [0.05, 0.1) is 12.7 Å². The summed E-state index contributed by atoms with van der Waals surface area (Å²) in [6.07, 6.45) is 2.13.